The van der Waals surface area contributed by atoms with Gasteiger partial charge in [-0.2, -0.15) is 0 Å². The summed E-state index contributed by atoms with van der Waals surface area (Å²) >= 11 is 1.71. The number of rotatable bonds is 8. The number of nitrogens with zero attached hydrogens (tertiary/aromatic N) is 2. The third kappa shape index (κ3) is 3.61. The van der Waals surface area contributed by atoms with Gasteiger partial charge in [0.1, 0.15) is 0 Å². The Hall–Kier alpha value is -0.870. The fraction of sp³-hybridized carbons (Fsp3) is 0.688. The van der Waals surface area contributed by atoms with E-state index in [-0.39, 0.29) is 0 Å². The summed E-state index contributed by atoms with van der Waals surface area (Å²) in [5, 5.41) is 5.73. The number of thiazole rings is 1. The minimum absolute atomic E-state index is 0.332. The van der Waals surface area contributed by atoms with Crippen LogP contribution in [0.25, 0.3) is 4.96 Å². The predicted molar refractivity (Wildman–Crippen MR) is 87.5 cm³/mol. The quantitative estimate of drug-likeness (QED) is 0.797. The first kappa shape index (κ1) is 15.5. The summed E-state index contributed by atoms with van der Waals surface area (Å²) in [5.74, 6) is 0.708. The predicted octanol–water partition coefficient (Wildman–Crippen LogP) is 3.99. The highest BCUT2D eigenvalue weighted by Crippen LogP contribution is 2.30. The van der Waals surface area contributed by atoms with E-state index in [1.807, 2.05) is 0 Å². The molecule has 0 unspecified atom stereocenters. The first-order valence-corrected chi connectivity index (χ1v) is 8.58. The number of imidazole rings is 1. The maximum atomic E-state index is 4.75. The van der Waals surface area contributed by atoms with Crippen LogP contribution in [0.2, 0.25) is 0 Å². The van der Waals surface area contributed by atoms with Gasteiger partial charge >= 0.3 is 0 Å². The van der Waals surface area contributed by atoms with Crippen molar-refractivity contribution in [3.8, 4) is 0 Å². The van der Waals surface area contributed by atoms with Crippen molar-refractivity contribution in [3.05, 3.63) is 23.5 Å². The van der Waals surface area contributed by atoms with Gasteiger partial charge in [0.2, 0.25) is 0 Å². The van der Waals surface area contributed by atoms with E-state index in [0.29, 0.717) is 11.3 Å². The summed E-state index contributed by atoms with van der Waals surface area (Å²) in [4.78, 5) is 5.86. The fourth-order valence-electron chi connectivity index (χ4n) is 2.68. The average molecular weight is 293 g/mol. The van der Waals surface area contributed by atoms with Gasteiger partial charge in [-0.1, -0.05) is 27.7 Å². The second kappa shape index (κ2) is 6.72. The van der Waals surface area contributed by atoms with Gasteiger partial charge in [0.05, 0.1) is 5.69 Å². The van der Waals surface area contributed by atoms with E-state index in [1.54, 1.807) is 11.3 Å². The molecule has 2 aromatic rings. The zero-order chi connectivity index (χ0) is 14.6. The Kier molecular flexibility index (Phi) is 5.22. The number of nitrogens with one attached hydrogen (secondary N) is 1. The van der Waals surface area contributed by atoms with Crippen molar-refractivity contribution in [2.45, 2.75) is 47.0 Å². The van der Waals surface area contributed by atoms with E-state index in [2.05, 4.69) is 55.2 Å². The average Bonchev–Trinajstić information content (AvgIpc) is 2.98. The Morgan fingerprint density at radius 3 is 2.70 bits per heavy atom. The van der Waals surface area contributed by atoms with Crippen LogP contribution in [0, 0.1) is 11.3 Å². The van der Waals surface area contributed by atoms with Gasteiger partial charge in [0, 0.05) is 24.3 Å². The molecular weight excluding hydrogens is 266 g/mol. The van der Waals surface area contributed by atoms with E-state index in [4.69, 9.17) is 4.98 Å². The Morgan fingerprint density at radius 2 is 2.10 bits per heavy atom. The Balaban J connectivity index is 2.05. The first-order chi connectivity index (χ1) is 9.58. The van der Waals surface area contributed by atoms with Crippen LogP contribution < -0.4 is 5.32 Å². The molecule has 0 saturated carbocycles. The third-order valence-corrected chi connectivity index (χ3v) is 5.02. The Bertz CT molecular complexity index is 494. The number of aromatic nitrogens is 2. The van der Waals surface area contributed by atoms with Crippen molar-refractivity contribution in [2.24, 2.45) is 11.3 Å². The van der Waals surface area contributed by atoms with Crippen LogP contribution >= 0.6 is 11.3 Å². The van der Waals surface area contributed by atoms with Crippen molar-refractivity contribution in [1.82, 2.24) is 14.7 Å². The molecule has 0 aliphatic rings. The van der Waals surface area contributed by atoms with E-state index in [9.17, 15) is 0 Å². The minimum Gasteiger partial charge on any atom is -0.316 e. The molecule has 0 bridgehead atoms. The molecule has 20 heavy (non-hydrogen) atoms. The smallest absolute Gasteiger partial charge is 0.193 e. The molecule has 2 heterocycles. The molecule has 1 N–H and O–H groups in total. The van der Waals surface area contributed by atoms with Gasteiger partial charge in [-0.05, 0) is 37.1 Å². The fourth-order valence-corrected chi connectivity index (χ4v) is 3.40. The van der Waals surface area contributed by atoms with Crippen molar-refractivity contribution >= 4 is 16.3 Å². The van der Waals surface area contributed by atoms with Crippen molar-refractivity contribution < 1.29 is 0 Å². The lowest BCUT2D eigenvalue weighted by Gasteiger charge is -2.32. The molecule has 0 aromatic carbocycles. The van der Waals surface area contributed by atoms with Crippen LogP contribution in [0.3, 0.4) is 0 Å². The number of fused-ring (bicyclic) bond motifs is 1. The molecule has 0 amide bonds. The zero-order valence-corrected chi connectivity index (χ0v) is 14.0. The molecule has 0 saturated heterocycles. The Morgan fingerprint density at radius 1 is 1.35 bits per heavy atom. The summed E-state index contributed by atoms with van der Waals surface area (Å²) < 4.78 is 2.14. The molecule has 112 valence electrons. The standard InChI is InChI=1S/C16H27N3S/c1-5-16(6-2,12-17-10-13(3)4)9-14-11-19-7-8-20-15(19)18-14/h7-8,11,13,17H,5-6,9-10,12H2,1-4H3. The summed E-state index contributed by atoms with van der Waals surface area (Å²) in [7, 11) is 0. The lowest BCUT2D eigenvalue weighted by atomic mass is 9.78. The van der Waals surface area contributed by atoms with E-state index >= 15 is 0 Å². The molecule has 0 aliphatic carbocycles. The van der Waals surface area contributed by atoms with Crippen molar-refractivity contribution in [2.75, 3.05) is 13.1 Å². The minimum atomic E-state index is 0.332. The molecule has 0 aliphatic heterocycles. The third-order valence-electron chi connectivity index (χ3n) is 4.25. The largest absolute Gasteiger partial charge is 0.316 e. The monoisotopic (exact) mass is 293 g/mol. The van der Waals surface area contributed by atoms with E-state index in [1.165, 1.54) is 18.5 Å². The van der Waals surface area contributed by atoms with Crippen LogP contribution in [-0.2, 0) is 6.42 Å². The molecular formula is C16H27N3S. The van der Waals surface area contributed by atoms with Gasteiger partial charge in [-0.25, -0.2) is 4.98 Å². The van der Waals surface area contributed by atoms with Gasteiger partial charge in [-0.15, -0.1) is 11.3 Å². The summed E-state index contributed by atoms with van der Waals surface area (Å²) in [6.45, 7) is 11.3. The highest BCUT2D eigenvalue weighted by Gasteiger charge is 2.27. The molecule has 0 spiro atoms. The van der Waals surface area contributed by atoms with Gasteiger partial charge in [0.25, 0.3) is 0 Å². The molecule has 3 nitrogen and oxygen atoms in total. The van der Waals surface area contributed by atoms with Gasteiger partial charge in [-0.3, -0.25) is 4.40 Å². The Labute approximate surface area is 126 Å². The maximum absolute atomic E-state index is 4.75. The molecule has 2 aromatic heterocycles. The lowest BCUT2D eigenvalue weighted by Crippen LogP contribution is -2.37. The van der Waals surface area contributed by atoms with Gasteiger partial charge < -0.3 is 5.32 Å². The van der Waals surface area contributed by atoms with Crippen LogP contribution in [0.5, 0.6) is 0 Å². The number of hydrogen-bond acceptors (Lipinski definition) is 3. The maximum Gasteiger partial charge on any atom is 0.193 e. The highest BCUT2D eigenvalue weighted by atomic mass is 32.1. The zero-order valence-electron chi connectivity index (χ0n) is 13.1. The van der Waals surface area contributed by atoms with Crippen molar-refractivity contribution in [3.63, 3.8) is 0 Å². The molecule has 2 rings (SSSR count). The summed E-state index contributed by atoms with van der Waals surface area (Å²) in [6.07, 6.45) is 7.74. The summed E-state index contributed by atoms with van der Waals surface area (Å²) in [5.41, 5.74) is 1.56. The lowest BCUT2D eigenvalue weighted by molar-refractivity contribution is 0.241. The second-order valence-corrected chi connectivity index (χ2v) is 7.11. The van der Waals surface area contributed by atoms with Crippen LogP contribution in [0.15, 0.2) is 17.8 Å². The molecule has 4 heteroatoms. The first-order valence-electron chi connectivity index (χ1n) is 7.70. The van der Waals surface area contributed by atoms with Crippen LogP contribution in [-0.4, -0.2) is 22.5 Å². The molecule has 0 atom stereocenters. The second-order valence-electron chi connectivity index (χ2n) is 6.23. The van der Waals surface area contributed by atoms with Crippen LogP contribution in [0.4, 0.5) is 0 Å². The van der Waals surface area contributed by atoms with Gasteiger partial charge in [0.15, 0.2) is 4.96 Å². The molecule has 0 radical (unpaired) electrons. The summed E-state index contributed by atoms with van der Waals surface area (Å²) in [6, 6.07) is 0. The molecule has 0 fully saturated rings. The number of hydrogen-bond donors (Lipinski definition) is 1. The topological polar surface area (TPSA) is 29.3 Å². The van der Waals surface area contributed by atoms with Crippen LogP contribution in [0.1, 0.15) is 46.2 Å². The van der Waals surface area contributed by atoms with E-state index in [0.717, 1.165) is 24.5 Å². The highest BCUT2D eigenvalue weighted by molar-refractivity contribution is 7.15. The van der Waals surface area contributed by atoms with Crippen molar-refractivity contribution in [1.29, 1.82) is 0 Å². The van der Waals surface area contributed by atoms with E-state index < -0.39 is 0 Å². The SMILES string of the molecule is CCC(CC)(CNCC(C)C)Cc1cn2ccsc2n1. The normalized spacial score (nSPS) is 12.7.